The van der Waals surface area contributed by atoms with E-state index in [-0.39, 0.29) is 40.9 Å². The van der Waals surface area contributed by atoms with Crippen LogP contribution in [0.25, 0.3) is 0 Å². The maximum atomic E-state index is 11.7. The Balaban J connectivity index is 1.58. The van der Waals surface area contributed by atoms with Crippen LogP contribution in [0, 0.1) is 52.8 Å². The minimum absolute atomic E-state index is 0.0437. The van der Waals surface area contributed by atoms with Gasteiger partial charge in [0.1, 0.15) is 12.2 Å². The molecule has 0 amide bonds. The molecule has 0 aliphatic heterocycles. The van der Waals surface area contributed by atoms with E-state index in [4.69, 9.17) is 15.9 Å². The van der Waals surface area contributed by atoms with Gasteiger partial charge in [-0.25, -0.2) is 0 Å². The van der Waals surface area contributed by atoms with Crippen LogP contribution in [0.3, 0.4) is 0 Å². The zero-order valence-corrected chi connectivity index (χ0v) is 18.4. The Bertz CT molecular complexity index is 723. The lowest BCUT2D eigenvalue weighted by Crippen LogP contribution is -2.56. The van der Waals surface area contributed by atoms with Crippen LogP contribution in [0.15, 0.2) is 0 Å². The molecule has 160 valence electrons. The molecule has 29 heavy (non-hydrogen) atoms. The highest BCUT2D eigenvalue weighted by atomic mass is 16.5. The molecule has 0 unspecified atom stereocenters. The van der Waals surface area contributed by atoms with Crippen LogP contribution < -0.4 is 0 Å². The van der Waals surface area contributed by atoms with Crippen molar-refractivity contribution in [3.8, 4) is 12.3 Å². The Morgan fingerprint density at radius 3 is 2.28 bits per heavy atom. The Labute approximate surface area is 175 Å². The summed E-state index contributed by atoms with van der Waals surface area (Å²) in [6.45, 7) is 7.83. The van der Waals surface area contributed by atoms with Gasteiger partial charge in [0.2, 0.25) is 0 Å². The summed E-state index contributed by atoms with van der Waals surface area (Å²) in [4.78, 5) is 23.3. The quantitative estimate of drug-likeness (QED) is 0.496. The molecule has 4 rings (SSSR count). The Hall–Kier alpha value is -1.50. The molecule has 0 aromatic heterocycles. The summed E-state index contributed by atoms with van der Waals surface area (Å²) < 4.78 is 11.5. The molecule has 4 saturated carbocycles. The standard InChI is InChI=1S/C25H36O4/c1-6-17-13-18-7-8-19-20-9-10-23(29-16(3)27)24(20,4)12-11-21(19)25(18,5)14-22(17)28-15(2)26/h1,17-23H,7-14H2,2-5H3/t17-,18+,19+,20+,21+,22+,23+,24+,25+/m1/s1. The van der Waals surface area contributed by atoms with Crippen LogP contribution in [0.4, 0.5) is 0 Å². The smallest absolute Gasteiger partial charge is 0.302 e. The number of carbonyl (C=O) groups excluding carboxylic acids is 2. The summed E-state index contributed by atoms with van der Waals surface area (Å²) in [7, 11) is 0. The second kappa shape index (κ2) is 7.33. The molecule has 0 aromatic rings. The zero-order valence-electron chi connectivity index (χ0n) is 18.4. The van der Waals surface area contributed by atoms with Crippen molar-refractivity contribution in [2.45, 2.75) is 91.3 Å². The fourth-order valence-corrected chi connectivity index (χ4v) is 8.13. The summed E-state index contributed by atoms with van der Waals surface area (Å²) in [5.74, 6) is 5.16. The van der Waals surface area contributed by atoms with E-state index >= 15 is 0 Å². The summed E-state index contributed by atoms with van der Waals surface area (Å²) in [6, 6.07) is 0. The molecule has 9 atom stereocenters. The average Bonchev–Trinajstić information content (AvgIpc) is 2.96. The van der Waals surface area contributed by atoms with E-state index in [2.05, 4.69) is 19.8 Å². The molecule has 0 spiro atoms. The molecule has 0 saturated heterocycles. The Kier molecular flexibility index (Phi) is 5.24. The van der Waals surface area contributed by atoms with Crippen molar-refractivity contribution in [1.82, 2.24) is 0 Å². The van der Waals surface area contributed by atoms with Gasteiger partial charge in [0.05, 0.1) is 5.92 Å². The van der Waals surface area contributed by atoms with Gasteiger partial charge in [-0.3, -0.25) is 9.59 Å². The van der Waals surface area contributed by atoms with E-state index in [9.17, 15) is 9.59 Å². The van der Waals surface area contributed by atoms with Crippen LogP contribution >= 0.6 is 0 Å². The van der Waals surface area contributed by atoms with Crippen LogP contribution in [-0.4, -0.2) is 24.1 Å². The summed E-state index contributed by atoms with van der Waals surface area (Å²) in [5, 5.41) is 0. The van der Waals surface area contributed by atoms with Gasteiger partial charge < -0.3 is 9.47 Å². The molecule has 0 bridgehead atoms. The molecular formula is C25H36O4. The van der Waals surface area contributed by atoms with Crippen molar-refractivity contribution in [3.63, 3.8) is 0 Å². The highest BCUT2D eigenvalue weighted by Gasteiger charge is 2.62. The molecule has 0 heterocycles. The molecule has 4 fully saturated rings. The fourth-order valence-electron chi connectivity index (χ4n) is 8.13. The number of esters is 2. The van der Waals surface area contributed by atoms with E-state index in [1.54, 1.807) is 0 Å². The first kappa shape index (κ1) is 20.8. The predicted octanol–water partition coefficient (Wildman–Crippen LogP) is 4.75. The molecule has 0 radical (unpaired) electrons. The van der Waals surface area contributed by atoms with E-state index in [0.29, 0.717) is 23.7 Å². The van der Waals surface area contributed by atoms with Gasteiger partial charge in [-0.15, -0.1) is 6.42 Å². The maximum Gasteiger partial charge on any atom is 0.302 e. The first-order valence-corrected chi connectivity index (χ1v) is 11.5. The molecule has 4 heteroatoms. The normalized spacial score (nSPS) is 48.4. The van der Waals surface area contributed by atoms with Crippen molar-refractivity contribution < 1.29 is 19.1 Å². The lowest BCUT2D eigenvalue weighted by Gasteiger charge is -2.61. The highest BCUT2D eigenvalue weighted by Crippen LogP contribution is 2.67. The van der Waals surface area contributed by atoms with Crippen molar-refractivity contribution in [3.05, 3.63) is 0 Å². The third-order valence-corrected chi connectivity index (χ3v) is 9.45. The average molecular weight is 401 g/mol. The van der Waals surface area contributed by atoms with Gasteiger partial charge in [0.25, 0.3) is 0 Å². The van der Waals surface area contributed by atoms with Crippen LogP contribution in [0.2, 0.25) is 0 Å². The van der Waals surface area contributed by atoms with E-state index < -0.39 is 0 Å². The van der Waals surface area contributed by atoms with Gasteiger partial charge in [0.15, 0.2) is 0 Å². The van der Waals surface area contributed by atoms with Gasteiger partial charge >= 0.3 is 11.9 Å². The molecule has 4 aliphatic rings. The number of ether oxygens (including phenoxy) is 2. The summed E-state index contributed by atoms with van der Waals surface area (Å²) >= 11 is 0. The number of rotatable bonds is 2. The number of carbonyl (C=O) groups is 2. The number of hydrogen-bond donors (Lipinski definition) is 0. The van der Waals surface area contributed by atoms with Crippen molar-refractivity contribution in [2.75, 3.05) is 0 Å². The first-order valence-electron chi connectivity index (χ1n) is 11.5. The van der Waals surface area contributed by atoms with Crippen LogP contribution in [0.1, 0.15) is 79.1 Å². The minimum atomic E-state index is -0.221. The van der Waals surface area contributed by atoms with E-state index in [0.717, 1.165) is 32.1 Å². The highest BCUT2D eigenvalue weighted by molar-refractivity contribution is 5.66. The fraction of sp³-hybridized carbons (Fsp3) is 0.840. The van der Waals surface area contributed by atoms with Crippen molar-refractivity contribution >= 4 is 11.9 Å². The molecule has 0 aromatic carbocycles. The van der Waals surface area contributed by atoms with Crippen LogP contribution in [-0.2, 0) is 19.1 Å². The van der Waals surface area contributed by atoms with Crippen LogP contribution in [0.5, 0.6) is 0 Å². The topological polar surface area (TPSA) is 52.6 Å². The van der Waals surface area contributed by atoms with E-state index in [1.807, 2.05) is 0 Å². The molecule has 4 aliphatic carbocycles. The largest absolute Gasteiger partial charge is 0.462 e. The Morgan fingerprint density at radius 1 is 0.931 bits per heavy atom. The minimum Gasteiger partial charge on any atom is -0.462 e. The van der Waals surface area contributed by atoms with Gasteiger partial charge in [0, 0.05) is 19.3 Å². The van der Waals surface area contributed by atoms with Crippen molar-refractivity contribution in [1.29, 1.82) is 0 Å². The molecule has 4 nitrogen and oxygen atoms in total. The lowest BCUT2D eigenvalue weighted by molar-refractivity contribution is -0.175. The SMILES string of the molecule is C#C[C@@H]1C[C@@H]2CC[C@@H]3[C@H](CC[C@]4(C)[C@@H](OC(C)=O)CC[C@@H]34)[C@@]2(C)C[C@@H]1OC(C)=O. The first-order chi connectivity index (χ1) is 13.7. The molecular weight excluding hydrogens is 364 g/mol. The third kappa shape index (κ3) is 3.29. The summed E-state index contributed by atoms with van der Waals surface area (Å²) in [5.41, 5.74) is 0.290. The molecule has 0 N–H and O–H groups in total. The maximum absolute atomic E-state index is 11.7. The second-order valence-electron chi connectivity index (χ2n) is 10.7. The monoisotopic (exact) mass is 400 g/mol. The van der Waals surface area contributed by atoms with Gasteiger partial charge in [-0.05, 0) is 80.5 Å². The number of terminal acetylenes is 1. The van der Waals surface area contributed by atoms with Gasteiger partial charge in [-0.2, -0.15) is 0 Å². The zero-order chi connectivity index (χ0) is 21.0. The number of hydrogen-bond acceptors (Lipinski definition) is 4. The lowest BCUT2D eigenvalue weighted by atomic mass is 9.44. The third-order valence-electron chi connectivity index (χ3n) is 9.45. The van der Waals surface area contributed by atoms with E-state index in [1.165, 1.54) is 33.1 Å². The Morgan fingerprint density at radius 2 is 1.62 bits per heavy atom. The van der Waals surface area contributed by atoms with Gasteiger partial charge in [-0.1, -0.05) is 19.8 Å². The van der Waals surface area contributed by atoms with Crippen molar-refractivity contribution in [2.24, 2.45) is 40.4 Å². The second-order valence-corrected chi connectivity index (χ2v) is 10.7. The number of fused-ring (bicyclic) bond motifs is 5. The summed E-state index contributed by atoms with van der Waals surface area (Å²) in [6.07, 6.45) is 14.6. The predicted molar refractivity (Wildman–Crippen MR) is 111 cm³/mol.